The maximum atomic E-state index is 12.6. The third kappa shape index (κ3) is 4.49. The molecule has 9 nitrogen and oxygen atoms in total. The highest BCUT2D eigenvalue weighted by atomic mass is 35.5. The maximum absolute atomic E-state index is 12.6. The van der Waals surface area contributed by atoms with Crippen LogP contribution in [0.5, 0.6) is 0 Å². The lowest BCUT2D eigenvalue weighted by Gasteiger charge is -2.27. The highest BCUT2D eigenvalue weighted by Crippen LogP contribution is 2.31. The van der Waals surface area contributed by atoms with Crippen molar-refractivity contribution in [1.29, 1.82) is 0 Å². The fourth-order valence-electron chi connectivity index (χ4n) is 4.06. The van der Waals surface area contributed by atoms with Gasteiger partial charge in [0.05, 0.1) is 30.8 Å². The van der Waals surface area contributed by atoms with Gasteiger partial charge in [-0.2, -0.15) is 0 Å². The van der Waals surface area contributed by atoms with Crippen molar-refractivity contribution in [2.45, 2.75) is 32.9 Å². The third-order valence-corrected chi connectivity index (χ3v) is 6.02. The topological polar surface area (TPSA) is 107 Å². The first-order valence-corrected chi connectivity index (χ1v) is 11.2. The van der Waals surface area contributed by atoms with E-state index in [2.05, 4.69) is 9.55 Å². The van der Waals surface area contributed by atoms with Crippen molar-refractivity contribution >= 4 is 51.7 Å². The van der Waals surface area contributed by atoms with Crippen LogP contribution in [0, 0.1) is 0 Å². The summed E-state index contributed by atoms with van der Waals surface area (Å²) in [5.41, 5.74) is 8.36. The molecule has 4 rings (SSSR count). The average Bonchev–Trinajstić information content (AvgIpc) is 3.16. The molecule has 0 atom stereocenters. The van der Waals surface area contributed by atoms with Gasteiger partial charge in [-0.3, -0.25) is 9.59 Å². The van der Waals surface area contributed by atoms with E-state index in [0.29, 0.717) is 86.5 Å². The van der Waals surface area contributed by atoms with Crippen LogP contribution in [-0.2, 0) is 27.4 Å². The zero-order chi connectivity index (χ0) is 22.7. The summed E-state index contributed by atoms with van der Waals surface area (Å²) in [6, 6.07) is 5.49. The molecule has 170 valence electrons. The minimum Gasteiger partial charge on any atom is -0.382 e. The number of aromatic nitrogens is 3. The highest BCUT2D eigenvalue weighted by molar-refractivity contribution is 6.31. The molecule has 0 saturated carbocycles. The molecular weight excluding hydrogens is 432 g/mol. The summed E-state index contributed by atoms with van der Waals surface area (Å²) in [5.74, 6) is 1.15. The Morgan fingerprint density at radius 2 is 2.09 bits per heavy atom. The lowest BCUT2D eigenvalue weighted by Crippen LogP contribution is -2.40. The van der Waals surface area contributed by atoms with Gasteiger partial charge in [0.25, 0.3) is 0 Å². The van der Waals surface area contributed by atoms with Crippen LogP contribution in [0.1, 0.15) is 25.6 Å². The van der Waals surface area contributed by atoms with Gasteiger partial charge in [-0.15, -0.1) is 0 Å². The van der Waals surface area contributed by atoms with Gasteiger partial charge in [0.1, 0.15) is 11.3 Å². The van der Waals surface area contributed by atoms with Crippen LogP contribution in [0.15, 0.2) is 18.2 Å². The number of anilines is 1. The van der Waals surface area contributed by atoms with Crippen molar-refractivity contribution in [1.82, 2.24) is 24.3 Å². The number of hydrogen-bond acceptors (Lipinski definition) is 6. The van der Waals surface area contributed by atoms with Gasteiger partial charge >= 0.3 is 0 Å². The van der Waals surface area contributed by atoms with Gasteiger partial charge in [-0.25, -0.2) is 9.97 Å². The van der Waals surface area contributed by atoms with E-state index in [1.165, 1.54) is 0 Å². The number of hydrogen-bond donors (Lipinski definition) is 1. The van der Waals surface area contributed by atoms with Crippen molar-refractivity contribution in [3.63, 3.8) is 0 Å². The number of imidazole rings is 1. The predicted molar refractivity (Wildman–Crippen MR) is 123 cm³/mol. The first-order chi connectivity index (χ1) is 15.5. The van der Waals surface area contributed by atoms with Crippen molar-refractivity contribution in [2.24, 2.45) is 0 Å². The Morgan fingerprint density at radius 3 is 2.81 bits per heavy atom. The number of fused-ring (bicyclic) bond motifs is 3. The molecule has 2 N–H and O–H groups in total. The molecule has 3 aromatic rings. The van der Waals surface area contributed by atoms with Gasteiger partial charge in [0.2, 0.25) is 12.3 Å². The molecule has 0 radical (unpaired) electrons. The van der Waals surface area contributed by atoms with Gasteiger partial charge in [0.15, 0.2) is 5.82 Å². The van der Waals surface area contributed by atoms with Gasteiger partial charge < -0.3 is 24.8 Å². The second-order valence-corrected chi connectivity index (χ2v) is 8.24. The second-order valence-electron chi connectivity index (χ2n) is 7.80. The number of ether oxygens (including phenoxy) is 1. The minimum atomic E-state index is 0.125. The largest absolute Gasteiger partial charge is 0.382 e. The number of carbonyl (C=O) groups is 2. The fourth-order valence-corrected chi connectivity index (χ4v) is 4.22. The molecule has 0 aliphatic carbocycles. The molecule has 1 aliphatic heterocycles. The summed E-state index contributed by atoms with van der Waals surface area (Å²) >= 11 is 6.17. The number of nitrogens with zero attached hydrogens (tertiary/aromatic N) is 5. The van der Waals surface area contributed by atoms with Crippen LogP contribution in [0.4, 0.5) is 5.82 Å². The molecule has 0 unspecified atom stereocenters. The summed E-state index contributed by atoms with van der Waals surface area (Å²) < 4.78 is 7.39. The molecule has 1 fully saturated rings. The Kier molecular flexibility index (Phi) is 6.76. The van der Waals surface area contributed by atoms with Crippen LogP contribution in [0.25, 0.3) is 21.9 Å². The van der Waals surface area contributed by atoms with E-state index in [4.69, 9.17) is 27.1 Å². The van der Waals surface area contributed by atoms with Gasteiger partial charge in [-0.1, -0.05) is 11.6 Å². The molecule has 1 aromatic carbocycles. The Morgan fingerprint density at radius 1 is 1.31 bits per heavy atom. The summed E-state index contributed by atoms with van der Waals surface area (Å²) in [6.07, 6.45) is 1.87. The van der Waals surface area contributed by atoms with Crippen molar-refractivity contribution in [2.75, 3.05) is 38.6 Å². The quantitative estimate of drug-likeness (QED) is 0.519. The number of carbonyl (C=O) groups excluding carboxylic acids is 2. The molecule has 3 heterocycles. The Hall–Kier alpha value is -2.91. The molecule has 0 spiro atoms. The second kappa shape index (κ2) is 9.70. The van der Waals surface area contributed by atoms with Crippen LogP contribution in [0.2, 0.25) is 5.02 Å². The van der Waals surface area contributed by atoms with E-state index in [1.807, 2.05) is 24.0 Å². The van der Waals surface area contributed by atoms with E-state index < -0.39 is 0 Å². The van der Waals surface area contributed by atoms with Crippen LogP contribution < -0.4 is 5.73 Å². The number of benzene rings is 1. The van der Waals surface area contributed by atoms with Gasteiger partial charge in [-0.05, 0) is 31.5 Å². The Labute approximate surface area is 191 Å². The number of nitrogens with two attached hydrogens (primary N) is 1. The zero-order valence-corrected chi connectivity index (χ0v) is 18.8. The predicted octanol–water partition coefficient (Wildman–Crippen LogP) is 2.44. The van der Waals surface area contributed by atoms with E-state index >= 15 is 0 Å². The van der Waals surface area contributed by atoms with Gasteiger partial charge in [0, 0.05) is 43.0 Å². The lowest BCUT2D eigenvalue weighted by molar-refractivity contribution is -0.135. The molecular formula is C22H27ClN6O3. The number of nitrogen functional groups attached to an aromatic ring is 1. The zero-order valence-electron chi connectivity index (χ0n) is 18.1. The summed E-state index contributed by atoms with van der Waals surface area (Å²) in [5, 5.41) is 1.45. The van der Waals surface area contributed by atoms with E-state index in [1.54, 1.807) is 11.0 Å². The van der Waals surface area contributed by atoms with Crippen molar-refractivity contribution in [3.8, 4) is 0 Å². The Balaban J connectivity index is 1.69. The molecule has 1 aliphatic rings. The Bertz CT molecular complexity index is 1140. The summed E-state index contributed by atoms with van der Waals surface area (Å²) in [7, 11) is 0. The normalized spacial score (nSPS) is 14.2. The first-order valence-electron chi connectivity index (χ1n) is 10.8. The highest BCUT2D eigenvalue weighted by Gasteiger charge is 2.20. The smallest absolute Gasteiger partial charge is 0.222 e. The number of rotatable bonds is 8. The standard InChI is InChI=1S/C22H27ClN6O3/c1-2-27(14-30)13-18-26-20-21(16-6-5-15(23)12-17(16)25-22(20)24)29(18)7-3-4-19(31)28-8-10-32-11-9-28/h5-6,12,14H,2-4,7-11,13H2,1H3,(H2,24,25). The maximum Gasteiger partial charge on any atom is 0.222 e. The average molecular weight is 459 g/mol. The molecule has 0 bridgehead atoms. The number of morpholine rings is 1. The number of pyridine rings is 1. The minimum absolute atomic E-state index is 0.125. The molecule has 32 heavy (non-hydrogen) atoms. The number of halogens is 1. The van der Waals surface area contributed by atoms with E-state index in [0.717, 1.165) is 17.3 Å². The number of amides is 2. The van der Waals surface area contributed by atoms with E-state index in [-0.39, 0.29) is 5.91 Å². The lowest BCUT2D eigenvalue weighted by atomic mass is 10.1. The fraction of sp³-hybridized carbons (Fsp3) is 0.455. The van der Waals surface area contributed by atoms with Crippen LogP contribution in [0.3, 0.4) is 0 Å². The van der Waals surface area contributed by atoms with Crippen molar-refractivity contribution in [3.05, 3.63) is 29.0 Å². The van der Waals surface area contributed by atoms with Crippen LogP contribution >= 0.6 is 11.6 Å². The van der Waals surface area contributed by atoms with Crippen LogP contribution in [-0.4, -0.2) is 69.5 Å². The monoisotopic (exact) mass is 458 g/mol. The number of aryl methyl sites for hydroxylation is 1. The SMILES string of the molecule is CCN(C=O)Cc1nc2c(N)nc3cc(Cl)ccc3c2n1CCCC(=O)N1CCOCC1. The molecule has 10 heteroatoms. The van der Waals surface area contributed by atoms with E-state index in [9.17, 15) is 9.59 Å². The molecule has 1 saturated heterocycles. The molecule has 2 amide bonds. The van der Waals surface area contributed by atoms with Crippen molar-refractivity contribution < 1.29 is 14.3 Å². The first kappa shape index (κ1) is 22.3. The summed E-state index contributed by atoms with van der Waals surface area (Å²) in [4.78, 5) is 36.7. The third-order valence-electron chi connectivity index (χ3n) is 5.78. The molecule has 2 aromatic heterocycles. The summed E-state index contributed by atoms with van der Waals surface area (Å²) in [6.45, 7) is 5.83.